The smallest absolute Gasteiger partial charge is 0.0925 e. The van der Waals surface area contributed by atoms with Gasteiger partial charge in [0.1, 0.15) is 0 Å². The minimum atomic E-state index is 0.565. The SMILES string of the molecule is NC(N)=C1CCCCC1. The van der Waals surface area contributed by atoms with E-state index in [1.165, 1.54) is 24.8 Å². The standard InChI is InChI=1S/C7H14N2/c8-7(9)6-4-2-1-3-5-6/h1-5,8-9H2. The largest absolute Gasteiger partial charge is 0.386 e. The first-order valence-electron chi connectivity index (χ1n) is 3.53. The maximum absolute atomic E-state index is 5.42. The Labute approximate surface area is 55.9 Å². The van der Waals surface area contributed by atoms with Gasteiger partial charge in [0, 0.05) is 0 Å². The number of allylic oxidation sites excluding steroid dienone is 1. The van der Waals surface area contributed by atoms with Crippen molar-refractivity contribution in [1.29, 1.82) is 0 Å². The third kappa shape index (κ3) is 1.63. The van der Waals surface area contributed by atoms with E-state index in [0.29, 0.717) is 5.82 Å². The van der Waals surface area contributed by atoms with Crippen LogP contribution < -0.4 is 11.5 Å². The monoisotopic (exact) mass is 126 g/mol. The van der Waals surface area contributed by atoms with Crippen LogP contribution in [0.1, 0.15) is 32.1 Å². The summed E-state index contributed by atoms with van der Waals surface area (Å²) in [6, 6.07) is 0. The van der Waals surface area contributed by atoms with Crippen molar-refractivity contribution in [2.75, 3.05) is 0 Å². The normalized spacial score (nSPS) is 19.8. The zero-order valence-corrected chi connectivity index (χ0v) is 5.69. The van der Waals surface area contributed by atoms with Gasteiger partial charge in [0.2, 0.25) is 0 Å². The molecule has 9 heavy (non-hydrogen) atoms. The van der Waals surface area contributed by atoms with Crippen molar-refractivity contribution < 1.29 is 0 Å². The fourth-order valence-electron chi connectivity index (χ4n) is 1.27. The molecule has 0 aromatic heterocycles. The van der Waals surface area contributed by atoms with Crippen molar-refractivity contribution in [3.05, 3.63) is 11.4 Å². The van der Waals surface area contributed by atoms with E-state index in [0.717, 1.165) is 12.8 Å². The summed E-state index contributed by atoms with van der Waals surface area (Å²) in [4.78, 5) is 0. The molecule has 0 amide bonds. The summed E-state index contributed by atoms with van der Waals surface area (Å²) in [5.74, 6) is 0.565. The summed E-state index contributed by atoms with van der Waals surface area (Å²) in [5.41, 5.74) is 12.1. The van der Waals surface area contributed by atoms with Crippen LogP contribution in [0.5, 0.6) is 0 Å². The molecule has 1 saturated carbocycles. The van der Waals surface area contributed by atoms with Crippen molar-refractivity contribution >= 4 is 0 Å². The number of hydrogen-bond donors (Lipinski definition) is 2. The van der Waals surface area contributed by atoms with Gasteiger partial charge in [-0.1, -0.05) is 6.42 Å². The number of nitrogens with two attached hydrogens (primary N) is 2. The average Bonchev–Trinajstić information content (AvgIpc) is 1.90. The fourth-order valence-corrected chi connectivity index (χ4v) is 1.27. The lowest BCUT2D eigenvalue weighted by atomic mass is 9.95. The molecule has 0 aromatic carbocycles. The molecule has 0 aliphatic heterocycles. The van der Waals surface area contributed by atoms with E-state index in [-0.39, 0.29) is 0 Å². The molecule has 1 aliphatic carbocycles. The van der Waals surface area contributed by atoms with Gasteiger partial charge < -0.3 is 11.5 Å². The summed E-state index contributed by atoms with van der Waals surface area (Å²) in [5, 5.41) is 0. The molecule has 4 N–H and O–H groups in total. The molecule has 0 radical (unpaired) electrons. The van der Waals surface area contributed by atoms with Crippen LogP contribution in [0.25, 0.3) is 0 Å². The summed E-state index contributed by atoms with van der Waals surface area (Å²) < 4.78 is 0. The van der Waals surface area contributed by atoms with E-state index in [9.17, 15) is 0 Å². The topological polar surface area (TPSA) is 52.0 Å². The third-order valence-corrected chi connectivity index (χ3v) is 1.87. The molecule has 0 bridgehead atoms. The van der Waals surface area contributed by atoms with Gasteiger partial charge in [0.15, 0.2) is 0 Å². The van der Waals surface area contributed by atoms with Gasteiger partial charge in [0.05, 0.1) is 5.82 Å². The molecule has 0 saturated heterocycles. The molecule has 1 aliphatic rings. The number of hydrogen-bond acceptors (Lipinski definition) is 2. The highest BCUT2D eigenvalue weighted by molar-refractivity contribution is 5.09. The fraction of sp³-hybridized carbons (Fsp3) is 0.714. The Bertz CT molecular complexity index is 115. The summed E-state index contributed by atoms with van der Waals surface area (Å²) >= 11 is 0. The van der Waals surface area contributed by atoms with Crippen LogP contribution in [-0.4, -0.2) is 0 Å². The van der Waals surface area contributed by atoms with Gasteiger partial charge in [-0.05, 0) is 31.3 Å². The second-order valence-electron chi connectivity index (χ2n) is 2.62. The molecular formula is C7H14N2. The molecular weight excluding hydrogens is 112 g/mol. The van der Waals surface area contributed by atoms with E-state index in [1.54, 1.807) is 0 Å². The third-order valence-electron chi connectivity index (χ3n) is 1.87. The molecule has 0 atom stereocenters. The van der Waals surface area contributed by atoms with Crippen molar-refractivity contribution in [3.8, 4) is 0 Å². The predicted octanol–water partition coefficient (Wildman–Crippen LogP) is 1.08. The lowest BCUT2D eigenvalue weighted by molar-refractivity contribution is 0.591. The Morgan fingerprint density at radius 1 is 1.00 bits per heavy atom. The minimum absolute atomic E-state index is 0.565. The Balaban J connectivity index is 2.49. The van der Waals surface area contributed by atoms with Crippen LogP contribution in [0.4, 0.5) is 0 Å². The van der Waals surface area contributed by atoms with Crippen LogP contribution in [0.2, 0.25) is 0 Å². The Hall–Kier alpha value is -0.660. The summed E-state index contributed by atoms with van der Waals surface area (Å²) in [6.07, 6.45) is 6.14. The molecule has 1 fully saturated rings. The van der Waals surface area contributed by atoms with Gasteiger partial charge in [-0.2, -0.15) is 0 Å². The van der Waals surface area contributed by atoms with Crippen LogP contribution in [0, 0.1) is 0 Å². The maximum Gasteiger partial charge on any atom is 0.0925 e. The first kappa shape index (κ1) is 6.46. The molecule has 0 spiro atoms. The lowest BCUT2D eigenvalue weighted by Gasteiger charge is -2.13. The highest BCUT2D eigenvalue weighted by Gasteiger charge is 2.06. The molecule has 1 rings (SSSR count). The Morgan fingerprint density at radius 3 is 1.89 bits per heavy atom. The molecule has 2 nitrogen and oxygen atoms in total. The lowest BCUT2D eigenvalue weighted by Crippen LogP contribution is -2.13. The first-order valence-corrected chi connectivity index (χ1v) is 3.53. The molecule has 0 aromatic rings. The maximum atomic E-state index is 5.42. The van der Waals surface area contributed by atoms with Gasteiger partial charge in [-0.15, -0.1) is 0 Å². The quantitative estimate of drug-likeness (QED) is 0.510. The van der Waals surface area contributed by atoms with Gasteiger partial charge in [0.25, 0.3) is 0 Å². The van der Waals surface area contributed by atoms with E-state index in [2.05, 4.69) is 0 Å². The second-order valence-corrected chi connectivity index (χ2v) is 2.62. The van der Waals surface area contributed by atoms with E-state index in [1.807, 2.05) is 0 Å². The Morgan fingerprint density at radius 2 is 1.56 bits per heavy atom. The molecule has 0 unspecified atom stereocenters. The zero-order chi connectivity index (χ0) is 6.69. The molecule has 0 heterocycles. The average molecular weight is 126 g/mol. The van der Waals surface area contributed by atoms with Crippen LogP contribution >= 0.6 is 0 Å². The zero-order valence-electron chi connectivity index (χ0n) is 5.69. The predicted molar refractivity (Wildman–Crippen MR) is 38.5 cm³/mol. The second kappa shape index (κ2) is 2.76. The van der Waals surface area contributed by atoms with Gasteiger partial charge >= 0.3 is 0 Å². The summed E-state index contributed by atoms with van der Waals surface area (Å²) in [6.45, 7) is 0. The van der Waals surface area contributed by atoms with Gasteiger partial charge in [-0.3, -0.25) is 0 Å². The van der Waals surface area contributed by atoms with E-state index >= 15 is 0 Å². The van der Waals surface area contributed by atoms with Crippen LogP contribution in [0.15, 0.2) is 11.4 Å². The van der Waals surface area contributed by atoms with Crippen molar-refractivity contribution in [1.82, 2.24) is 0 Å². The first-order chi connectivity index (χ1) is 4.30. The van der Waals surface area contributed by atoms with Crippen molar-refractivity contribution in [3.63, 3.8) is 0 Å². The minimum Gasteiger partial charge on any atom is -0.386 e. The number of rotatable bonds is 0. The van der Waals surface area contributed by atoms with Crippen LogP contribution in [-0.2, 0) is 0 Å². The summed E-state index contributed by atoms with van der Waals surface area (Å²) in [7, 11) is 0. The molecule has 52 valence electrons. The van der Waals surface area contributed by atoms with E-state index in [4.69, 9.17) is 11.5 Å². The van der Waals surface area contributed by atoms with Crippen LogP contribution in [0.3, 0.4) is 0 Å². The highest BCUT2D eigenvalue weighted by Crippen LogP contribution is 2.22. The van der Waals surface area contributed by atoms with E-state index < -0.39 is 0 Å². The van der Waals surface area contributed by atoms with Crippen molar-refractivity contribution in [2.24, 2.45) is 11.5 Å². The molecule has 2 heteroatoms. The van der Waals surface area contributed by atoms with Gasteiger partial charge in [-0.25, -0.2) is 0 Å². The Kier molecular flexibility index (Phi) is 1.98. The highest BCUT2D eigenvalue weighted by atomic mass is 14.8. The van der Waals surface area contributed by atoms with Crippen molar-refractivity contribution in [2.45, 2.75) is 32.1 Å².